The summed E-state index contributed by atoms with van der Waals surface area (Å²) in [5.41, 5.74) is 7.78. The van der Waals surface area contributed by atoms with Crippen LogP contribution >= 0.6 is 0 Å². The highest BCUT2D eigenvalue weighted by atomic mass is 19.1. The van der Waals surface area contributed by atoms with E-state index in [2.05, 4.69) is 17.0 Å². The quantitative estimate of drug-likeness (QED) is 0.902. The summed E-state index contributed by atoms with van der Waals surface area (Å²) in [5.74, 6) is -0.171. The van der Waals surface area contributed by atoms with Crippen LogP contribution in [0.2, 0.25) is 0 Å². The standard InChI is InChI=1S/C17H21FN2/c1-13(15-10-6-7-11-16(15)18)20(2)17(12-19)14-8-4-3-5-9-14/h3-11,13,17H,12,19H2,1-2H3. The molecule has 3 heteroatoms. The van der Waals surface area contributed by atoms with Crippen LogP contribution in [0.3, 0.4) is 0 Å². The molecule has 2 aromatic rings. The average molecular weight is 272 g/mol. The second-order valence-electron chi connectivity index (χ2n) is 5.03. The lowest BCUT2D eigenvalue weighted by atomic mass is 10.0. The molecule has 0 saturated carbocycles. The molecule has 0 fully saturated rings. The monoisotopic (exact) mass is 272 g/mol. The normalized spacial score (nSPS) is 14.2. The Labute approximate surface area is 120 Å². The first-order valence-electron chi connectivity index (χ1n) is 6.86. The number of rotatable bonds is 5. The van der Waals surface area contributed by atoms with Crippen LogP contribution in [-0.4, -0.2) is 18.5 Å². The van der Waals surface area contributed by atoms with Gasteiger partial charge in [0.2, 0.25) is 0 Å². The molecule has 2 aromatic carbocycles. The number of nitrogens with two attached hydrogens (primary N) is 1. The van der Waals surface area contributed by atoms with Crippen molar-refractivity contribution < 1.29 is 4.39 Å². The molecule has 2 atom stereocenters. The van der Waals surface area contributed by atoms with Crippen molar-refractivity contribution in [1.29, 1.82) is 0 Å². The lowest BCUT2D eigenvalue weighted by Gasteiger charge is -2.33. The van der Waals surface area contributed by atoms with Gasteiger partial charge in [-0.3, -0.25) is 4.90 Å². The Morgan fingerprint density at radius 1 is 1.05 bits per heavy atom. The first-order chi connectivity index (χ1) is 9.65. The topological polar surface area (TPSA) is 29.3 Å². The van der Waals surface area contributed by atoms with Gasteiger partial charge < -0.3 is 5.73 Å². The number of halogens is 1. The second-order valence-corrected chi connectivity index (χ2v) is 5.03. The van der Waals surface area contributed by atoms with E-state index in [1.54, 1.807) is 6.07 Å². The van der Waals surface area contributed by atoms with Crippen molar-refractivity contribution in [2.24, 2.45) is 5.73 Å². The number of likely N-dealkylation sites (N-methyl/N-ethyl adjacent to an activating group) is 1. The molecule has 20 heavy (non-hydrogen) atoms. The van der Waals surface area contributed by atoms with Crippen molar-refractivity contribution >= 4 is 0 Å². The number of hydrogen-bond donors (Lipinski definition) is 1. The van der Waals surface area contributed by atoms with Crippen LogP contribution in [0, 0.1) is 5.82 Å². The van der Waals surface area contributed by atoms with Crippen LogP contribution in [0.5, 0.6) is 0 Å². The number of hydrogen-bond acceptors (Lipinski definition) is 2. The van der Waals surface area contributed by atoms with Gasteiger partial charge in [-0.15, -0.1) is 0 Å². The van der Waals surface area contributed by atoms with E-state index in [4.69, 9.17) is 5.73 Å². The van der Waals surface area contributed by atoms with Gasteiger partial charge >= 0.3 is 0 Å². The molecule has 0 saturated heterocycles. The lowest BCUT2D eigenvalue weighted by molar-refractivity contribution is 0.187. The molecule has 0 aliphatic heterocycles. The van der Waals surface area contributed by atoms with Crippen LogP contribution in [-0.2, 0) is 0 Å². The molecular weight excluding hydrogens is 251 g/mol. The summed E-state index contributed by atoms with van der Waals surface area (Å²) in [4.78, 5) is 2.12. The minimum atomic E-state index is -0.171. The van der Waals surface area contributed by atoms with Crippen molar-refractivity contribution in [3.05, 3.63) is 71.5 Å². The van der Waals surface area contributed by atoms with E-state index in [0.29, 0.717) is 12.1 Å². The largest absolute Gasteiger partial charge is 0.329 e. The molecule has 2 rings (SSSR count). The van der Waals surface area contributed by atoms with E-state index in [-0.39, 0.29) is 17.9 Å². The first-order valence-corrected chi connectivity index (χ1v) is 6.86. The molecule has 0 radical (unpaired) electrons. The Kier molecular flexibility index (Phi) is 4.88. The molecular formula is C17H21FN2. The minimum Gasteiger partial charge on any atom is -0.329 e. The summed E-state index contributed by atoms with van der Waals surface area (Å²) in [6, 6.07) is 17.0. The van der Waals surface area contributed by atoms with E-state index in [1.807, 2.05) is 44.3 Å². The molecule has 106 valence electrons. The fourth-order valence-electron chi connectivity index (χ4n) is 2.52. The van der Waals surface area contributed by atoms with Gasteiger partial charge in [-0.25, -0.2) is 4.39 Å². The van der Waals surface area contributed by atoms with Gasteiger partial charge in [0.25, 0.3) is 0 Å². The van der Waals surface area contributed by atoms with Crippen molar-refractivity contribution in [2.45, 2.75) is 19.0 Å². The highest BCUT2D eigenvalue weighted by Crippen LogP contribution is 2.29. The molecule has 0 aromatic heterocycles. The molecule has 0 aliphatic rings. The molecule has 0 spiro atoms. The Balaban J connectivity index is 2.25. The van der Waals surface area contributed by atoms with Crippen molar-refractivity contribution in [2.75, 3.05) is 13.6 Å². The average Bonchev–Trinajstić information content (AvgIpc) is 2.49. The van der Waals surface area contributed by atoms with Gasteiger partial charge in [0, 0.05) is 24.2 Å². The highest BCUT2D eigenvalue weighted by molar-refractivity contribution is 5.23. The predicted molar refractivity (Wildman–Crippen MR) is 80.8 cm³/mol. The minimum absolute atomic E-state index is 0.0371. The third-order valence-corrected chi connectivity index (χ3v) is 3.87. The summed E-state index contributed by atoms with van der Waals surface area (Å²) < 4.78 is 13.9. The second kappa shape index (κ2) is 6.64. The van der Waals surface area contributed by atoms with Gasteiger partial charge in [0.05, 0.1) is 0 Å². The first kappa shape index (κ1) is 14.7. The molecule has 0 aliphatic carbocycles. The van der Waals surface area contributed by atoms with Crippen molar-refractivity contribution in [3.8, 4) is 0 Å². The zero-order chi connectivity index (χ0) is 14.5. The van der Waals surface area contributed by atoms with Gasteiger partial charge in [0.1, 0.15) is 5.82 Å². The van der Waals surface area contributed by atoms with E-state index in [1.165, 1.54) is 6.07 Å². The molecule has 2 unspecified atom stereocenters. The number of benzene rings is 2. The summed E-state index contributed by atoms with van der Waals surface area (Å²) in [7, 11) is 1.99. The zero-order valence-electron chi connectivity index (χ0n) is 12.0. The van der Waals surface area contributed by atoms with E-state index >= 15 is 0 Å². The van der Waals surface area contributed by atoms with Crippen LogP contribution in [0.1, 0.15) is 30.1 Å². The smallest absolute Gasteiger partial charge is 0.127 e. The number of nitrogens with zero attached hydrogens (tertiary/aromatic N) is 1. The third-order valence-electron chi connectivity index (χ3n) is 3.87. The molecule has 2 nitrogen and oxygen atoms in total. The van der Waals surface area contributed by atoms with Crippen molar-refractivity contribution in [3.63, 3.8) is 0 Å². The summed E-state index contributed by atoms with van der Waals surface area (Å²) >= 11 is 0. The van der Waals surface area contributed by atoms with Gasteiger partial charge in [0.15, 0.2) is 0 Å². The fourth-order valence-corrected chi connectivity index (χ4v) is 2.52. The SMILES string of the molecule is CC(c1ccccc1F)N(C)C(CN)c1ccccc1. The van der Waals surface area contributed by atoms with E-state index < -0.39 is 0 Å². The van der Waals surface area contributed by atoms with Crippen LogP contribution < -0.4 is 5.73 Å². The third kappa shape index (κ3) is 3.06. The van der Waals surface area contributed by atoms with Gasteiger partial charge in [-0.05, 0) is 25.6 Å². The molecule has 2 N–H and O–H groups in total. The van der Waals surface area contributed by atoms with Crippen LogP contribution in [0.15, 0.2) is 54.6 Å². The summed E-state index contributed by atoms with van der Waals surface area (Å²) in [6.07, 6.45) is 0. The molecule has 0 heterocycles. The molecule has 0 amide bonds. The van der Waals surface area contributed by atoms with Crippen LogP contribution in [0.4, 0.5) is 4.39 Å². The Morgan fingerprint density at radius 3 is 2.25 bits per heavy atom. The van der Waals surface area contributed by atoms with Gasteiger partial charge in [-0.1, -0.05) is 48.5 Å². The molecule has 0 bridgehead atoms. The zero-order valence-corrected chi connectivity index (χ0v) is 12.0. The Bertz CT molecular complexity index is 542. The van der Waals surface area contributed by atoms with Crippen LogP contribution in [0.25, 0.3) is 0 Å². The van der Waals surface area contributed by atoms with Gasteiger partial charge in [-0.2, -0.15) is 0 Å². The van der Waals surface area contributed by atoms with E-state index in [0.717, 1.165) is 5.56 Å². The summed E-state index contributed by atoms with van der Waals surface area (Å²) in [5, 5.41) is 0. The van der Waals surface area contributed by atoms with E-state index in [9.17, 15) is 4.39 Å². The Hall–Kier alpha value is -1.71. The highest BCUT2D eigenvalue weighted by Gasteiger charge is 2.22. The maximum atomic E-state index is 13.9. The summed E-state index contributed by atoms with van der Waals surface area (Å²) in [6.45, 7) is 2.50. The maximum absolute atomic E-state index is 13.9. The van der Waals surface area contributed by atoms with Crippen molar-refractivity contribution in [1.82, 2.24) is 4.90 Å². The fraction of sp³-hybridized carbons (Fsp3) is 0.294. The maximum Gasteiger partial charge on any atom is 0.127 e. The lowest BCUT2D eigenvalue weighted by Crippen LogP contribution is -2.33. The Morgan fingerprint density at radius 2 is 1.65 bits per heavy atom. The predicted octanol–water partition coefficient (Wildman–Crippen LogP) is 3.52.